The van der Waals surface area contributed by atoms with Crippen molar-refractivity contribution in [1.29, 1.82) is 0 Å². The molecule has 63 heavy (non-hydrogen) atoms. The van der Waals surface area contributed by atoms with Gasteiger partial charge in [0.1, 0.15) is 0 Å². The van der Waals surface area contributed by atoms with Gasteiger partial charge in [-0.3, -0.25) is 0 Å². The van der Waals surface area contributed by atoms with Gasteiger partial charge in [-0.15, -0.1) is 0 Å². The average Bonchev–Trinajstić information content (AvgIpc) is 3.57. The van der Waals surface area contributed by atoms with Crippen molar-refractivity contribution in [2.24, 2.45) is 0 Å². The van der Waals surface area contributed by atoms with E-state index in [0.717, 1.165) is 33.5 Å². The van der Waals surface area contributed by atoms with Gasteiger partial charge < -0.3 is 0 Å². The molecule has 2 heteroatoms. The number of benzene rings is 10. The maximum Gasteiger partial charge on any atom is 0.160 e. The molecule has 0 amide bonds. The molecule has 0 fully saturated rings. The van der Waals surface area contributed by atoms with Crippen molar-refractivity contribution in [3.05, 3.63) is 230 Å². The van der Waals surface area contributed by atoms with Gasteiger partial charge in [-0.1, -0.05) is 208 Å². The van der Waals surface area contributed by atoms with E-state index in [1.54, 1.807) is 0 Å². The normalized spacial score (nSPS) is 12.7. The second-order valence-electron chi connectivity index (χ2n) is 17.3. The molecule has 12 rings (SSSR count). The second kappa shape index (κ2) is 14.6. The molecule has 10 aromatic carbocycles. The molecule has 0 radical (unpaired) electrons. The molecule has 0 bridgehead atoms. The fraction of sp³-hybridized carbons (Fsp3) is 0.0492. The summed E-state index contributed by atoms with van der Waals surface area (Å²) < 4.78 is 0. The number of fused-ring (bicyclic) bond motifs is 6. The molecule has 0 atom stereocenters. The minimum absolute atomic E-state index is 0.0724. The first-order valence-electron chi connectivity index (χ1n) is 21.8. The molecule has 1 aromatic heterocycles. The van der Waals surface area contributed by atoms with Gasteiger partial charge in [-0.2, -0.15) is 0 Å². The number of hydrogen-bond donors (Lipinski definition) is 0. The van der Waals surface area contributed by atoms with Crippen LogP contribution in [0.5, 0.6) is 0 Å². The predicted molar refractivity (Wildman–Crippen MR) is 265 cm³/mol. The van der Waals surface area contributed by atoms with E-state index in [9.17, 15) is 0 Å². The SMILES string of the molecule is CC1(C)c2ccc(-c3ccc(-c4ccc(-c5cc(-c6ccc(-c7ccccc7)cc6)nc(-c6ccccc6)n5)c5ccccc45)c4ccccc34)cc2-c2cc3ccccc3cc21. The standard InChI is InChI=1S/C61H42N2/c1-61(2)56-34-29-45(36-54(56)55-35-43-19-9-10-20-44(43)37-57(55)61)46-30-31-51(48-22-12-11-21-47(46)48)52-32-33-53(50-24-14-13-23-49(50)52)59-38-58(62-60(63-59)42-17-7-4-8-18-42)41-27-25-40(26-28-41)39-15-5-3-6-16-39/h3-38H,1-2H3. The monoisotopic (exact) mass is 802 g/mol. The molecule has 0 unspecified atom stereocenters. The van der Waals surface area contributed by atoms with Crippen molar-refractivity contribution in [3.63, 3.8) is 0 Å². The summed E-state index contributed by atoms with van der Waals surface area (Å²) in [4.78, 5) is 10.4. The lowest BCUT2D eigenvalue weighted by atomic mass is 9.81. The first-order valence-corrected chi connectivity index (χ1v) is 21.8. The molecule has 0 aliphatic heterocycles. The summed E-state index contributed by atoms with van der Waals surface area (Å²) in [5.41, 5.74) is 17.5. The minimum atomic E-state index is -0.0724. The van der Waals surface area contributed by atoms with Crippen LogP contribution < -0.4 is 0 Å². The molecular formula is C61H42N2. The third-order valence-corrected chi connectivity index (χ3v) is 13.3. The van der Waals surface area contributed by atoms with Gasteiger partial charge >= 0.3 is 0 Å². The molecule has 0 saturated heterocycles. The van der Waals surface area contributed by atoms with Gasteiger partial charge in [0.25, 0.3) is 0 Å². The molecule has 11 aromatic rings. The summed E-state index contributed by atoms with van der Waals surface area (Å²) in [6.45, 7) is 4.73. The molecule has 296 valence electrons. The number of rotatable bonds is 6. The van der Waals surface area contributed by atoms with Crippen molar-refractivity contribution in [1.82, 2.24) is 9.97 Å². The summed E-state index contributed by atoms with van der Waals surface area (Å²) in [5.74, 6) is 0.705. The van der Waals surface area contributed by atoms with Crippen LogP contribution in [0.15, 0.2) is 218 Å². The van der Waals surface area contributed by atoms with E-state index >= 15 is 0 Å². The van der Waals surface area contributed by atoms with E-state index in [2.05, 4.69) is 214 Å². The van der Waals surface area contributed by atoms with E-state index in [1.807, 2.05) is 18.2 Å². The number of nitrogens with zero attached hydrogens (tertiary/aromatic N) is 2. The van der Waals surface area contributed by atoms with Crippen LogP contribution in [0.2, 0.25) is 0 Å². The molecule has 0 N–H and O–H groups in total. The third kappa shape index (κ3) is 6.17. The van der Waals surface area contributed by atoms with Crippen LogP contribution in [0.1, 0.15) is 25.0 Å². The van der Waals surface area contributed by atoms with Gasteiger partial charge in [0.05, 0.1) is 11.4 Å². The minimum Gasteiger partial charge on any atom is -0.228 e. The van der Waals surface area contributed by atoms with Crippen LogP contribution in [-0.2, 0) is 5.41 Å². The zero-order valence-corrected chi connectivity index (χ0v) is 35.2. The zero-order valence-electron chi connectivity index (χ0n) is 35.2. The summed E-state index contributed by atoms with van der Waals surface area (Å²) in [5, 5.41) is 7.39. The Morgan fingerprint density at radius 1 is 0.286 bits per heavy atom. The second-order valence-corrected chi connectivity index (χ2v) is 17.3. The maximum atomic E-state index is 5.26. The maximum absolute atomic E-state index is 5.26. The van der Waals surface area contributed by atoms with Gasteiger partial charge in [-0.05, 0) is 112 Å². The van der Waals surface area contributed by atoms with Crippen molar-refractivity contribution in [3.8, 4) is 78.4 Å². The number of aromatic nitrogens is 2. The molecule has 1 aliphatic carbocycles. The highest BCUT2D eigenvalue weighted by molar-refractivity contribution is 6.12. The Bertz CT molecular complexity index is 3570. The Hall–Kier alpha value is -7.94. The van der Waals surface area contributed by atoms with Crippen LogP contribution in [0.4, 0.5) is 0 Å². The van der Waals surface area contributed by atoms with E-state index in [4.69, 9.17) is 9.97 Å². The first kappa shape index (κ1) is 36.9. The Morgan fingerprint density at radius 3 is 1.41 bits per heavy atom. The molecule has 0 spiro atoms. The Kier molecular flexibility index (Phi) is 8.55. The first-order chi connectivity index (χ1) is 31.0. The fourth-order valence-corrected chi connectivity index (χ4v) is 10.1. The van der Waals surface area contributed by atoms with E-state index < -0.39 is 0 Å². The molecule has 0 saturated carbocycles. The zero-order chi connectivity index (χ0) is 42.1. The Balaban J connectivity index is 0.975. The van der Waals surface area contributed by atoms with E-state index in [-0.39, 0.29) is 5.41 Å². The lowest BCUT2D eigenvalue weighted by Crippen LogP contribution is -2.14. The Labute approximate surface area is 367 Å². The van der Waals surface area contributed by atoms with Gasteiger partial charge in [0.15, 0.2) is 5.82 Å². The largest absolute Gasteiger partial charge is 0.228 e. The summed E-state index contributed by atoms with van der Waals surface area (Å²) in [6.07, 6.45) is 0. The van der Waals surface area contributed by atoms with Crippen molar-refractivity contribution >= 4 is 32.3 Å². The third-order valence-electron chi connectivity index (χ3n) is 13.3. The predicted octanol–water partition coefficient (Wildman–Crippen LogP) is 16.2. The van der Waals surface area contributed by atoms with Gasteiger partial charge in [-0.25, -0.2) is 9.97 Å². The molecule has 1 heterocycles. The van der Waals surface area contributed by atoms with Crippen LogP contribution >= 0.6 is 0 Å². The van der Waals surface area contributed by atoms with Crippen molar-refractivity contribution in [2.75, 3.05) is 0 Å². The van der Waals surface area contributed by atoms with E-state index in [1.165, 1.54) is 82.6 Å². The highest BCUT2D eigenvalue weighted by atomic mass is 14.9. The summed E-state index contributed by atoms with van der Waals surface area (Å²) >= 11 is 0. The Morgan fingerprint density at radius 2 is 0.746 bits per heavy atom. The highest BCUT2D eigenvalue weighted by Gasteiger charge is 2.36. The lowest BCUT2D eigenvalue weighted by molar-refractivity contribution is 0.661. The van der Waals surface area contributed by atoms with Crippen LogP contribution in [-0.4, -0.2) is 9.97 Å². The van der Waals surface area contributed by atoms with Gasteiger partial charge in [0.2, 0.25) is 0 Å². The van der Waals surface area contributed by atoms with Crippen molar-refractivity contribution in [2.45, 2.75) is 19.3 Å². The van der Waals surface area contributed by atoms with Crippen molar-refractivity contribution < 1.29 is 0 Å². The van der Waals surface area contributed by atoms with Gasteiger partial charge in [0, 0.05) is 22.1 Å². The van der Waals surface area contributed by atoms with Crippen LogP contribution in [0.3, 0.4) is 0 Å². The van der Waals surface area contributed by atoms with Crippen LogP contribution in [0, 0.1) is 0 Å². The molecule has 2 nitrogen and oxygen atoms in total. The smallest absolute Gasteiger partial charge is 0.160 e. The summed E-state index contributed by atoms with van der Waals surface area (Å²) in [7, 11) is 0. The summed E-state index contributed by atoms with van der Waals surface area (Å²) in [6, 6.07) is 79.2. The highest BCUT2D eigenvalue weighted by Crippen LogP contribution is 2.51. The van der Waals surface area contributed by atoms with Crippen LogP contribution in [0.25, 0.3) is 111 Å². The fourth-order valence-electron chi connectivity index (χ4n) is 10.1. The topological polar surface area (TPSA) is 25.8 Å². The quantitative estimate of drug-likeness (QED) is 0.167. The van der Waals surface area contributed by atoms with E-state index in [0.29, 0.717) is 5.82 Å². The molecule has 1 aliphatic rings. The lowest BCUT2D eigenvalue weighted by Gasteiger charge is -2.22. The molecular weight excluding hydrogens is 761 g/mol. The average molecular weight is 803 g/mol. The number of hydrogen-bond acceptors (Lipinski definition) is 2.